The maximum absolute atomic E-state index is 13.4. The number of hydrogen-bond donors (Lipinski definition) is 1. The molecule has 0 aromatic heterocycles. The summed E-state index contributed by atoms with van der Waals surface area (Å²) in [5.74, 6) is -1.11. The molecule has 2 nitrogen and oxygen atoms in total. The van der Waals surface area contributed by atoms with Crippen molar-refractivity contribution in [2.75, 3.05) is 13.2 Å². The summed E-state index contributed by atoms with van der Waals surface area (Å²) in [6, 6.07) is 4.45. The van der Waals surface area contributed by atoms with E-state index in [4.69, 9.17) is 4.74 Å². The van der Waals surface area contributed by atoms with E-state index in [0.29, 0.717) is 12.3 Å². The summed E-state index contributed by atoms with van der Waals surface area (Å²) in [6.07, 6.45) is 4.06. The van der Waals surface area contributed by atoms with Crippen LogP contribution in [0.5, 0.6) is 0 Å². The number of ether oxygens (including phenoxy) is 1. The van der Waals surface area contributed by atoms with Crippen LogP contribution in [0.3, 0.4) is 0 Å². The Morgan fingerprint density at radius 3 is 2.76 bits per heavy atom. The molecule has 0 spiro atoms. The molecule has 0 saturated carbocycles. The second-order valence-corrected chi connectivity index (χ2v) is 5.78. The predicted octanol–water partition coefficient (Wildman–Crippen LogP) is 3.69. The van der Waals surface area contributed by atoms with Crippen molar-refractivity contribution in [3.63, 3.8) is 0 Å². The third-order valence-corrected chi connectivity index (χ3v) is 4.28. The van der Waals surface area contributed by atoms with Crippen molar-refractivity contribution in [2.45, 2.75) is 51.7 Å². The van der Waals surface area contributed by atoms with E-state index in [9.17, 15) is 8.78 Å². The molecular weight excluding hydrogens is 272 g/mol. The van der Waals surface area contributed by atoms with Crippen LogP contribution in [0.15, 0.2) is 18.2 Å². The minimum atomic E-state index is -0.785. The first kappa shape index (κ1) is 16.4. The lowest BCUT2D eigenvalue weighted by Gasteiger charge is -2.28. The van der Waals surface area contributed by atoms with Gasteiger partial charge in [0.25, 0.3) is 0 Å². The molecule has 1 aromatic rings. The third-order valence-electron chi connectivity index (χ3n) is 4.28. The molecule has 4 heteroatoms. The van der Waals surface area contributed by atoms with Gasteiger partial charge in [-0.3, -0.25) is 0 Å². The van der Waals surface area contributed by atoms with Gasteiger partial charge in [-0.15, -0.1) is 0 Å². The van der Waals surface area contributed by atoms with Crippen LogP contribution in [0.4, 0.5) is 8.78 Å². The van der Waals surface area contributed by atoms with Gasteiger partial charge in [0.1, 0.15) is 0 Å². The molecule has 21 heavy (non-hydrogen) atoms. The zero-order chi connectivity index (χ0) is 15.2. The molecule has 1 heterocycles. The monoisotopic (exact) mass is 297 g/mol. The Balaban J connectivity index is 2.09. The third kappa shape index (κ3) is 4.24. The Bertz CT molecular complexity index is 452. The molecule has 3 atom stereocenters. The van der Waals surface area contributed by atoms with E-state index in [-0.39, 0.29) is 12.1 Å². The molecule has 0 radical (unpaired) electrons. The van der Waals surface area contributed by atoms with Gasteiger partial charge in [0, 0.05) is 18.6 Å². The maximum Gasteiger partial charge on any atom is 0.159 e. The normalized spacial score (nSPS) is 23.4. The van der Waals surface area contributed by atoms with Crippen LogP contribution >= 0.6 is 0 Å². The predicted molar refractivity (Wildman–Crippen MR) is 80.3 cm³/mol. The number of halogens is 2. The number of rotatable bonds is 7. The first-order valence-corrected chi connectivity index (χ1v) is 7.94. The van der Waals surface area contributed by atoms with Gasteiger partial charge in [0.2, 0.25) is 0 Å². The highest BCUT2D eigenvalue weighted by Gasteiger charge is 2.33. The summed E-state index contributed by atoms with van der Waals surface area (Å²) >= 11 is 0. The summed E-state index contributed by atoms with van der Waals surface area (Å²) in [6.45, 7) is 5.99. The largest absolute Gasteiger partial charge is 0.378 e. The zero-order valence-electron chi connectivity index (χ0n) is 12.9. The molecule has 1 aromatic carbocycles. The van der Waals surface area contributed by atoms with Crippen molar-refractivity contribution in [2.24, 2.45) is 5.92 Å². The Hall–Kier alpha value is -1.00. The summed E-state index contributed by atoms with van der Waals surface area (Å²) < 4.78 is 32.2. The molecule has 3 unspecified atom stereocenters. The molecule has 0 aliphatic carbocycles. The Morgan fingerprint density at radius 1 is 1.29 bits per heavy atom. The zero-order valence-corrected chi connectivity index (χ0v) is 12.9. The van der Waals surface area contributed by atoms with Gasteiger partial charge in [-0.2, -0.15) is 0 Å². The van der Waals surface area contributed by atoms with Crippen molar-refractivity contribution in [3.05, 3.63) is 35.4 Å². The minimum absolute atomic E-state index is 0.252. The summed E-state index contributed by atoms with van der Waals surface area (Å²) in [7, 11) is 0. The highest BCUT2D eigenvalue weighted by molar-refractivity contribution is 5.19. The molecule has 1 aliphatic rings. The summed E-state index contributed by atoms with van der Waals surface area (Å²) in [4.78, 5) is 0. The SMILES string of the molecule is CCCNC(Cc1ccc(F)c(F)c1)C1CCOC1CC. The van der Waals surface area contributed by atoms with Gasteiger partial charge in [0.05, 0.1) is 6.10 Å². The molecular formula is C17H25F2NO. The lowest BCUT2D eigenvalue weighted by molar-refractivity contribution is 0.0774. The van der Waals surface area contributed by atoms with Crippen LogP contribution in [-0.2, 0) is 11.2 Å². The van der Waals surface area contributed by atoms with E-state index in [0.717, 1.165) is 38.0 Å². The topological polar surface area (TPSA) is 21.3 Å². The molecule has 0 amide bonds. The van der Waals surface area contributed by atoms with Crippen LogP contribution in [0.1, 0.15) is 38.7 Å². The molecule has 1 N–H and O–H groups in total. The van der Waals surface area contributed by atoms with Gasteiger partial charge in [0.15, 0.2) is 11.6 Å². The van der Waals surface area contributed by atoms with Crippen LogP contribution in [0.25, 0.3) is 0 Å². The summed E-state index contributed by atoms with van der Waals surface area (Å²) in [5.41, 5.74) is 0.837. The van der Waals surface area contributed by atoms with Crippen LogP contribution in [0.2, 0.25) is 0 Å². The Kier molecular flexibility index (Phi) is 6.12. The van der Waals surface area contributed by atoms with E-state index < -0.39 is 11.6 Å². The van der Waals surface area contributed by atoms with Crippen LogP contribution < -0.4 is 5.32 Å². The van der Waals surface area contributed by atoms with Crippen molar-refractivity contribution >= 4 is 0 Å². The first-order valence-electron chi connectivity index (χ1n) is 7.94. The van der Waals surface area contributed by atoms with E-state index in [1.807, 2.05) is 0 Å². The number of nitrogens with one attached hydrogen (secondary N) is 1. The number of hydrogen-bond acceptors (Lipinski definition) is 2. The first-order chi connectivity index (χ1) is 10.2. The highest BCUT2D eigenvalue weighted by atomic mass is 19.2. The fourth-order valence-corrected chi connectivity index (χ4v) is 3.17. The Labute approximate surface area is 125 Å². The second-order valence-electron chi connectivity index (χ2n) is 5.78. The van der Waals surface area contributed by atoms with E-state index in [2.05, 4.69) is 19.2 Å². The molecule has 1 fully saturated rings. The standard InChI is InChI=1S/C17H25F2NO/c1-3-8-20-16(13-7-9-21-17(13)4-2)11-12-5-6-14(18)15(19)10-12/h5-6,10,13,16-17,20H,3-4,7-9,11H2,1-2H3. The quantitative estimate of drug-likeness (QED) is 0.829. The average molecular weight is 297 g/mol. The second kappa shape index (κ2) is 7.85. The molecule has 0 bridgehead atoms. The van der Waals surface area contributed by atoms with Crippen molar-refractivity contribution in [1.29, 1.82) is 0 Å². The van der Waals surface area contributed by atoms with Crippen molar-refractivity contribution in [3.8, 4) is 0 Å². The van der Waals surface area contributed by atoms with Crippen LogP contribution in [0, 0.1) is 17.6 Å². The lowest BCUT2D eigenvalue weighted by Crippen LogP contribution is -2.41. The van der Waals surface area contributed by atoms with E-state index >= 15 is 0 Å². The number of benzene rings is 1. The van der Waals surface area contributed by atoms with Gasteiger partial charge in [-0.1, -0.05) is 19.9 Å². The van der Waals surface area contributed by atoms with Gasteiger partial charge < -0.3 is 10.1 Å². The van der Waals surface area contributed by atoms with Gasteiger partial charge >= 0.3 is 0 Å². The molecule has 1 aliphatic heterocycles. The van der Waals surface area contributed by atoms with Gasteiger partial charge in [-0.05, 0) is 49.9 Å². The summed E-state index contributed by atoms with van der Waals surface area (Å²) in [5, 5.41) is 3.56. The van der Waals surface area contributed by atoms with Crippen LogP contribution in [-0.4, -0.2) is 25.3 Å². The smallest absolute Gasteiger partial charge is 0.159 e. The van der Waals surface area contributed by atoms with E-state index in [1.165, 1.54) is 12.1 Å². The molecule has 2 rings (SSSR count). The average Bonchev–Trinajstić information content (AvgIpc) is 2.95. The molecule has 1 saturated heterocycles. The highest BCUT2D eigenvalue weighted by Crippen LogP contribution is 2.28. The fraction of sp³-hybridized carbons (Fsp3) is 0.647. The van der Waals surface area contributed by atoms with Crippen molar-refractivity contribution in [1.82, 2.24) is 5.32 Å². The fourth-order valence-electron chi connectivity index (χ4n) is 3.17. The minimum Gasteiger partial charge on any atom is -0.378 e. The Morgan fingerprint density at radius 2 is 2.10 bits per heavy atom. The van der Waals surface area contributed by atoms with Crippen molar-refractivity contribution < 1.29 is 13.5 Å². The van der Waals surface area contributed by atoms with E-state index in [1.54, 1.807) is 6.07 Å². The van der Waals surface area contributed by atoms with Gasteiger partial charge in [-0.25, -0.2) is 8.78 Å². The maximum atomic E-state index is 13.4. The molecule has 118 valence electrons. The lowest BCUT2D eigenvalue weighted by atomic mass is 9.87.